The number of halogens is 10. The van der Waals surface area contributed by atoms with Gasteiger partial charge in [-0.15, -0.1) is 30.7 Å². The number of carbonyl (C=O) groups is 1. The molecule has 0 aliphatic heterocycles. The first-order valence-electron chi connectivity index (χ1n) is 14.6. The summed E-state index contributed by atoms with van der Waals surface area (Å²) in [5.74, 6) is -0.330. The van der Waals surface area contributed by atoms with E-state index >= 15 is 0 Å². The highest BCUT2D eigenvalue weighted by atomic mass is 35.5. The maximum atomic E-state index is 13.6. The molecule has 1 saturated carbocycles. The number of nitrogens with zero attached hydrogens (tertiary/aromatic N) is 6. The van der Waals surface area contributed by atoms with Crippen LogP contribution >= 0.6 is 12.4 Å². The predicted octanol–water partition coefficient (Wildman–Crippen LogP) is 8.40. The maximum absolute atomic E-state index is 13.6. The number of hydrogen-bond donors (Lipinski definition) is 2. The van der Waals surface area contributed by atoms with E-state index in [2.05, 4.69) is 20.1 Å². The van der Waals surface area contributed by atoms with Crippen molar-refractivity contribution in [3.8, 4) is 5.75 Å². The Morgan fingerprint density at radius 1 is 0.898 bits per heavy atom. The summed E-state index contributed by atoms with van der Waals surface area (Å²) in [6.45, 7) is 2.17. The largest absolute Gasteiger partial charge is 0.573 e. The fourth-order valence-electron chi connectivity index (χ4n) is 5.41. The Balaban J connectivity index is 0.00000158. The summed E-state index contributed by atoms with van der Waals surface area (Å²) in [6, 6.07) is 4.99. The van der Waals surface area contributed by atoms with Gasteiger partial charge >= 0.3 is 24.9 Å². The zero-order valence-electron chi connectivity index (χ0n) is 26.1. The molecule has 2 aromatic carbocycles. The number of benzene rings is 2. The lowest BCUT2D eigenvalue weighted by atomic mass is 9.88. The third kappa shape index (κ3) is 13.0. The number of aryl methyl sites for hydroxylation is 1. The van der Waals surface area contributed by atoms with E-state index in [0.29, 0.717) is 36.8 Å². The van der Waals surface area contributed by atoms with Crippen molar-refractivity contribution in [3.63, 3.8) is 0 Å². The van der Waals surface area contributed by atoms with Crippen LogP contribution < -0.4 is 14.5 Å². The zero-order chi connectivity index (χ0) is 35.9. The molecular weight excluding hydrogens is 703 g/mol. The monoisotopic (exact) mass is 736 g/mol. The number of carboxylic acid groups (broad SMARTS) is 2. The first kappa shape index (κ1) is 41.0. The Bertz CT molecular complexity index is 1480. The number of ether oxygens (including phenoxy) is 1. The molecule has 0 amide bonds. The van der Waals surface area contributed by atoms with Crippen LogP contribution in [0.3, 0.4) is 0 Å². The SMILES string of the molecule is CCN(CC1CCCCC1)c1ccc(OC(F)(F)F)cc1CN(Cc1cc(C(F)(F)F)cc(C(F)(F)F)c1)c1nnn(C)n1.Cl.O=C(O)O. The normalized spacial score (nSPS) is 13.9. The van der Waals surface area contributed by atoms with Crippen molar-refractivity contribution in [3.05, 3.63) is 58.7 Å². The van der Waals surface area contributed by atoms with Gasteiger partial charge in [0.1, 0.15) is 5.75 Å². The van der Waals surface area contributed by atoms with Gasteiger partial charge in [-0.1, -0.05) is 24.4 Å². The second kappa shape index (κ2) is 17.0. The van der Waals surface area contributed by atoms with Crippen molar-refractivity contribution >= 4 is 30.2 Å². The minimum Gasteiger partial charge on any atom is -0.450 e. The smallest absolute Gasteiger partial charge is 0.450 e. The lowest BCUT2D eigenvalue weighted by Crippen LogP contribution is -2.32. The van der Waals surface area contributed by atoms with Gasteiger partial charge in [-0.25, -0.2) is 4.79 Å². The van der Waals surface area contributed by atoms with Crippen molar-refractivity contribution in [1.82, 2.24) is 20.2 Å². The summed E-state index contributed by atoms with van der Waals surface area (Å²) >= 11 is 0. The van der Waals surface area contributed by atoms with Gasteiger partial charge < -0.3 is 24.7 Å². The van der Waals surface area contributed by atoms with Gasteiger partial charge in [0.25, 0.3) is 5.95 Å². The van der Waals surface area contributed by atoms with Crippen LogP contribution in [0.25, 0.3) is 0 Å². The molecule has 0 saturated heterocycles. The quantitative estimate of drug-likeness (QED) is 0.198. The molecule has 1 aliphatic carbocycles. The Morgan fingerprint density at radius 2 is 1.47 bits per heavy atom. The molecule has 0 unspecified atom stereocenters. The minimum atomic E-state index is -5.07. The number of alkyl halides is 9. The molecule has 20 heteroatoms. The van der Waals surface area contributed by atoms with E-state index in [1.807, 2.05) is 11.8 Å². The second-order valence-electron chi connectivity index (χ2n) is 11.0. The standard InChI is InChI=1S/C28H31F9N6O.CH2O3.ClH/c1-3-42(15-18-7-5-4-6-8-18)24-10-9-23(44-28(35,36)37)13-20(24)17-43(25-38-40-41(2)39-25)16-19-11-21(26(29,30)31)14-22(12-19)27(32,33)34;2-1(3)4;/h9-14,18H,3-8,15-17H2,1-2H3;(H2,2,3,4);1H. The number of tetrazole rings is 1. The van der Waals surface area contributed by atoms with E-state index in [4.69, 9.17) is 15.0 Å². The van der Waals surface area contributed by atoms with Gasteiger partial charge in [0.15, 0.2) is 0 Å². The highest BCUT2D eigenvalue weighted by Gasteiger charge is 2.37. The molecule has 0 spiro atoms. The van der Waals surface area contributed by atoms with Gasteiger partial charge in [0.05, 0.1) is 18.2 Å². The van der Waals surface area contributed by atoms with Crippen LogP contribution in [-0.2, 0) is 32.5 Å². The van der Waals surface area contributed by atoms with Gasteiger partial charge in [0, 0.05) is 31.9 Å². The lowest BCUT2D eigenvalue weighted by molar-refractivity contribution is -0.274. The number of rotatable bonds is 10. The number of hydrogen-bond acceptors (Lipinski definition) is 7. The molecular formula is C29H34ClF9N6O4. The van der Waals surface area contributed by atoms with Crippen LogP contribution in [0.1, 0.15) is 61.3 Å². The molecule has 274 valence electrons. The molecule has 1 heterocycles. The average Bonchev–Trinajstić information content (AvgIpc) is 3.40. The molecule has 3 aromatic rings. The Hall–Kier alpha value is -4.16. The number of anilines is 2. The Morgan fingerprint density at radius 3 is 1.94 bits per heavy atom. The van der Waals surface area contributed by atoms with Crippen LogP contribution in [-0.4, -0.2) is 56.0 Å². The summed E-state index contributed by atoms with van der Waals surface area (Å²) in [6.07, 6.45) is -11.7. The Kier molecular flexibility index (Phi) is 14.2. The topological polar surface area (TPSA) is 117 Å². The molecule has 2 N–H and O–H groups in total. The fraction of sp³-hybridized carbons (Fsp3) is 0.517. The highest BCUT2D eigenvalue weighted by molar-refractivity contribution is 5.85. The molecule has 0 bridgehead atoms. The molecule has 0 radical (unpaired) electrons. The van der Waals surface area contributed by atoms with E-state index < -0.39 is 48.3 Å². The van der Waals surface area contributed by atoms with Crippen LogP contribution in [0.4, 0.5) is 55.9 Å². The van der Waals surface area contributed by atoms with E-state index in [9.17, 15) is 39.5 Å². The van der Waals surface area contributed by atoms with Crippen LogP contribution in [0, 0.1) is 5.92 Å². The zero-order valence-corrected chi connectivity index (χ0v) is 26.9. The molecule has 1 fully saturated rings. The molecule has 49 heavy (non-hydrogen) atoms. The van der Waals surface area contributed by atoms with Crippen molar-refractivity contribution < 1.29 is 59.3 Å². The van der Waals surface area contributed by atoms with Gasteiger partial charge in [-0.05, 0) is 78.4 Å². The van der Waals surface area contributed by atoms with Gasteiger partial charge in [0.2, 0.25) is 0 Å². The molecule has 1 aromatic heterocycles. The number of aromatic nitrogens is 4. The predicted molar refractivity (Wildman–Crippen MR) is 161 cm³/mol. The van der Waals surface area contributed by atoms with Crippen molar-refractivity contribution in [1.29, 1.82) is 0 Å². The van der Waals surface area contributed by atoms with E-state index in [-0.39, 0.29) is 42.1 Å². The highest BCUT2D eigenvalue weighted by Crippen LogP contribution is 2.38. The third-order valence-corrected chi connectivity index (χ3v) is 7.37. The summed E-state index contributed by atoms with van der Waals surface area (Å²) < 4.78 is 125. The second-order valence-corrected chi connectivity index (χ2v) is 11.0. The van der Waals surface area contributed by atoms with Crippen molar-refractivity contribution in [2.24, 2.45) is 13.0 Å². The maximum Gasteiger partial charge on any atom is 0.573 e. The molecule has 1 aliphatic rings. The summed E-state index contributed by atoms with van der Waals surface area (Å²) in [5.41, 5.74) is -2.54. The van der Waals surface area contributed by atoms with E-state index in [1.54, 1.807) is 0 Å². The Labute approximate surface area is 280 Å². The van der Waals surface area contributed by atoms with Gasteiger partial charge in [-0.2, -0.15) is 31.1 Å². The minimum absolute atomic E-state index is 0. The van der Waals surface area contributed by atoms with E-state index in [0.717, 1.165) is 43.0 Å². The third-order valence-electron chi connectivity index (χ3n) is 7.37. The first-order chi connectivity index (χ1) is 22.2. The summed E-state index contributed by atoms with van der Waals surface area (Å²) in [7, 11) is 1.41. The van der Waals surface area contributed by atoms with Crippen LogP contribution in [0.15, 0.2) is 36.4 Å². The van der Waals surface area contributed by atoms with Crippen molar-refractivity contribution in [2.75, 3.05) is 22.9 Å². The van der Waals surface area contributed by atoms with Crippen LogP contribution in [0.2, 0.25) is 0 Å². The summed E-state index contributed by atoms with van der Waals surface area (Å²) in [5, 5.41) is 25.6. The van der Waals surface area contributed by atoms with Crippen LogP contribution in [0.5, 0.6) is 5.75 Å². The average molecular weight is 737 g/mol. The molecule has 0 atom stereocenters. The summed E-state index contributed by atoms with van der Waals surface area (Å²) in [4.78, 5) is 12.9. The lowest BCUT2D eigenvalue weighted by Gasteiger charge is -2.33. The van der Waals surface area contributed by atoms with E-state index in [1.165, 1.54) is 24.1 Å². The molecule has 4 rings (SSSR count). The van der Waals surface area contributed by atoms with Crippen molar-refractivity contribution in [2.45, 2.75) is 70.8 Å². The fourth-order valence-corrected chi connectivity index (χ4v) is 5.41. The van der Waals surface area contributed by atoms with Gasteiger partial charge in [-0.3, -0.25) is 0 Å². The first-order valence-corrected chi connectivity index (χ1v) is 14.6. The molecule has 10 nitrogen and oxygen atoms in total.